The quantitative estimate of drug-likeness (QED) is 0.795. The molecule has 4 fully saturated rings. The largest absolute Gasteiger partial charge is 0.351 e. The van der Waals surface area contributed by atoms with Crippen LogP contribution < -0.4 is 11.1 Å². The zero-order chi connectivity index (χ0) is 13.7. The molecule has 0 aromatic heterocycles. The van der Waals surface area contributed by atoms with Gasteiger partial charge in [0.25, 0.3) is 0 Å². The van der Waals surface area contributed by atoms with Crippen LogP contribution in [-0.2, 0) is 4.79 Å². The maximum atomic E-state index is 12.7. The van der Waals surface area contributed by atoms with Crippen molar-refractivity contribution in [1.82, 2.24) is 10.2 Å². The standard InChI is InChI=1S/C16H27N3O/c17-15-11-5-4-10(9-11)14(15)16(20)18-12-6-8-19-7-2-1-3-13(12)19/h10-15H,1-9,17H2,(H,18,20). The van der Waals surface area contributed by atoms with E-state index in [0.717, 1.165) is 6.42 Å². The zero-order valence-corrected chi connectivity index (χ0v) is 12.3. The summed E-state index contributed by atoms with van der Waals surface area (Å²) in [5, 5.41) is 3.37. The van der Waals surface area contributed by atoms with Gasteiger partial charge in [0.15, 0.2) is 0 Å². The van der Waals surface area contributed by atoms with Crippen molar-refractivity contribution < 1.29 is 4.79 Å². The van der Waals surface area contributed by atoms with Gasteiger partial charge in [0.05, 0.1) is 5.92 Å². The van der Waals surface area contributed by atoms with E-state index in [4.69, 9.17) is 5.73 Å². The average Bonchev–Trinajstić information content (AvgIpc) is 3.13. The first kappa shape index (κ1) is 13.1. The Labute approximate surface area is 121 Å². The zero-order valence-electron chi connectivity index (χ0n) is 12.3. The first-order valence-corrected chi connectivity index (χ1v) is 8.54. The van der Waals surface area contributed by atoms with E-state index in [1.807, 2.05) is 0 Å². The van der Waals surface area contributed by atoms with Crippen LogP contribution in [0.2, 0.25) is 0 Å². The third kappa shape index (κ3) is 2.00. The molecule has 112 valence electrons. The van der Waals surface area contributed by atoms with Gasteiger partial charge in [-0.05, 0) is 56.9 Å². The number of carbonyl (C=O) groups is 1. The smallest absolute Gasteiger partial charge is 0.225 e. The fourth-order valence-electron chi connectivity index (χ4n) is 5.42. The molecule has 2 heterocycles. The molecule has 2 saturated heterocycles. The first-order chi connectivity index (χ1) is 9.74. The molecule has 0 radical (unpaired) electrons. The number of carbonyl (C=O) groups excluding carboxylic acids is 1. The highest BCUT2D eigenvalue weighted by molar-refractivity contribution is 5.80. The summed E-state index contributed by atoms with van der Waals surface area (Å²) in [5.41, 5.74) is 6.30. The number of rotatable bonds is 2. The van der Waals surface area contributed by atoms with E-state index in [0.29, 0.717) is 23.9 Å². The van der Waals surface area contributed by atoms with E-state index >= 15 is 0 Å². The molecule has 0 spiro atoms. The second-order valence-electron chi connectivity index (χ2n) is 7.44. The molecule has 4 rings (SSSR count). The maximum absolute atomic E-state index is 12.7. The van der Waals surface area contributed by atoms with E-state index in [-0.39, 0.29) is 17.9 Å². The lowest BCUT2D eigenvalue weighted by atomic mass is 9.84. The maximum Gasteiger partial charge on any atom is 0.225 e. The molecule has 20 heavy (non-hydrogen) atoms. The number of hydrogen-bond acceptors (Lipinski definition) is 3. The van der Waals surface area contributed by atoms with Gasteiger partial charge in [-0.15, -0.1) is 0 Å². The molecule has 3 N–H and O–H groups in total. The van der Waals surface area contributed by atoms with Gasteiger partial charge in [-0.2, -0.15) is 0 Å². The molecule has 4 nitrogen and oxygen atoms in total. The van der Waals surface area contributed by atoms with Crippen molar-refractivity contribution in [1.29, 1.82) is 0 Å². The van der Waals surface area contributed by atoms with Gasteiger partial charge in [-0.1, -0.05) is 6.42 Å². The summed E-state index contributed by atoms with van der Waals surface area (Å²) < 4.78 is 0. The van der Waals surface area contributed by atoms with Gasteiger partial charge in [-0.25, -0.2) is 0 Å². The number of nitrogens with two attached hydrogens (primary N) is 1. The van der Waals surface area contributed by atoms with Crippen molar-refractivity contribution in [3.8, 4) is 0 Å². The Balaban J connectivity index is 1.40. The number of fused-ring (bicyclic) bond motifs is 3. The summed E-state index contributed by atoms with van der Waals surface area (Å²) in [7, 11) is 0. The summed E-state index contributed by atoms with van der Waals surface area (Å²) in [4.78, 5) is 15.2. The molecule has 2 aliphatic carbocycles. The topological polar surface area (TPSA) is 58.4 Å². The predicted molar refractivity (Wildman–Crippen MR) is 78.1 cm³/mol. The van der Waals surface area contributed by atoms with Crippen LogP contribution in [0.25, 0.3) is 0 Å². The molecule has 0 aromatic rings. The molecular formula is C16H27N3O. The average molecular weight is 277 g/mol. The Hall–Kier alpha value is -0.610. The third-order valence-electron chi connectivity index (χ3n) is 6.47. The summed E-state index contributed by atoms with van der Waals surface area (Å²) in [6.07, 6.45) is 8.70. The Kier molecular flexibility index (Phi) is 3.26. The first-order valence-electron chi connectivity index (χ1n) is 8.54. The van der Waals surface area contributed by atoms with E-state index in [1.165, 1.54) is 51.6 Å². The highest BCUT2D eigenvalue weighted by Crippen LogP contribution is 2.47. The monoisotopic (exact) mass is 277 g/mol. The molecule has 6 atom stereocenters. The Morgan fingerprint density at radius 3 is 2.70 bits per heavy atom. The van der Waals surface area contributed by atoms with Crippen molar-refractivity contribution >= 4 is 5.91 Å². The molecule has 4 aliphatic rings. The summed E-state index contributed by atoms with van der Waals surface area (Å²) in [6, 6.07) is 1.11. The lowest BCUT2D eigenvalue weighted by molar-refractivity contribution is -0.128. The predicted octanol–water partition coefficient (Wildman–Crippen LogP) is 1.10. The van der Waals surface area contributed by atoms with E-state index in [1.54, 1.807) is 0 Å². The third-order valence-corrected chi connectivity index (χ3v) is 6.47. The van der Waals surface area contributed by atoms with Crippen LogP contribution in [0.3, 0.4) is 0 Å². The highest BCUT2D eigenvalue weighted by Gasteiger charge is 2.50. The molecule has 2 aliphatic heterocycles. The molecule has 6 unspecified atom stereocenters. The minimum Gasteiger partial charge on any atom is -0.351 e. The van der Waals surface area contributed by atoms with Crippen LogP contribution in [0.15, 0.2) is 0 Å². The molecular weight excluding hydrogens is 250 g/mol. The fourth-order valence-corrected chi connectivity index (χ4v) is 5.42. The Bertz CT molecular complexity index is 397. The number of hydrogen-bond donors (Lipinski definition) is 2. The van der Waals surface area contributed by atoms with E-state index in [9.17, 15) is 4.79 Å². The van der Waals surface area contributed by atoms with Crippen molar-refractivity contribution in [3.63, 3.8) is 0 Å². The lowest BCUT2D eigenvalue weighted by Gasteiger charge is -2.34. The van der Waals surface area contributed by atoms with Crippen LogP contribution in [-0.4, -0.2) is 42.0 Å². The van der Waals surface area contributed by atoms with Gasteiger partial charge < -0.3 is 11.1 Å². The van der Waals surface area contributed by atoms with Crippen LogP contribution in [0, 0.1) is 17.8 Å². The normalized spacial score (nSPS) is 47.5. The lowest BCUT2D eigenvalue weighted by Crippen LogP contribution is -2.52. The van der Waals surface area contributed by atoms with Crippen molar-refractivity contribution in [2.75, 3.05) is 13.1 Å². The number of amides is 1. The Morgan fingerprint density at radius 2 is 1.90 bits per heavy atom. The molecule has 2 bridgehead atoms. The SMILES string of the molecule is NC1C2CCC(C2)C1C(=O)NC1CCN2CCCCC12. The van der Waals surface area contributed by atoms with Crippen LogP contribution in [0.4, 0.5) is 0 Å². The van der Waals surface area contributed by atoms with Crippen LogP contribution >= 0.6 is 0 Å². The van der Waals surface area contributed by atoms with Crippen molar-refractivity contribution in [3.05, 3.63) is 0 Å². The van der Waals surface area contributed by atoms with Crippen molar-refractivity contribution in [2.24, 2.45) is 23.5 Å². The van der Waals surface area contributed by atoms with Crippen LogP contribution in [0.5, 0.6) is 0 Å². The van der Waals surface area contributed by atoms with E-state index < -0.39 is 0 Å². The highest BCUT2D eigenvalue weighted by atomic mass is 16.2. The molecule has 0 aromatic carbocycles. The van der Waals surface area contributed by atoms with Crippen LogP contribution in [0.1, 0.15) is 44.9 Å². The van der Waals surface area contributed by atoms with Gasteiger partial charge >= 0.3 is 0 Å². The number of piperidine rings is 1. The van der Waals surface area contributed by atoms with Gasteiger partial charge in [0, 0.05) is 24.7 Å². The summed E-state index contributed by atoms with van der Waals surface area (Å²) in [5.74, 6) is 1.55. The van der Waals surface area contributed by atoms with Gasteiger partial charge in [0.1, 0.15) is 0 Å². The molecule has 1 amide bonds. The summed E-state index contributed by atoms with van der Waals surface area (Å²) >= 11 is 0. The minimum atomic E-state index is 0.103. The number of nitrogens with one attached hydrogen (secondary N) is 1. The van der Waals surface area contributed by atoms with E-state index in [2.05, 4.69) is 10.2 Å². The van der Waals surface area contributed by atoms with Crippen molar-refractivity contribution in [2.45, 2.75) is 63.1 Å². The second-order valence-corrected chi connectivity index (χ2v) is 7.44. The molecule has 4 heteroatoms. The summed E-state index contributed by atoms with van der Waals surface area (Å²) in [6.45, 7) is 2.39. The number of nitrogens with zero attached hydrogens (tertiary/aromatic N) is 1. The van der Waals surface area contributed by atoms with Gasteiger partial charge in [0.2, 0.25) is 5.91 Å². The molecule has 2 saturated carbocycles. The fraction of sp³-hybridized carbons (Fsp3) is 0.938. The van der Waals surface area contributed by atoms with Gasteiger partial charge in [-0.3, -0.25) is 9.69 Å². The Morgan fingerprint density at radius 1 is 1.05 bits per heavy atom. The second kappa shape index (κ2) is 4.99. The minimum absolute atomic E-state index is 0.103.